The van der Waals surface area contributed by atoms with Gasteiger partial charge in [0.25, 0.3) is 15.9 Å². The van der Waals surface area contributed by atoms with E-state index in [1.165, 1.54) is 11.8 Å². The van der Waals surface area contributed by atoms with Crippen LogP contribution in [0, 0.1) is 0 Å². The first-order valence-corrected chi connectivity index (χ1v) is 12.6. The van der Waals surface area contributed by atoms with Crippen LogP contribution in [0.25, 0.3) is 0 Å². The molecule has 0 atom stereocenters. The van der Waals surface area contributed by atoms with Gasteiger partial charge < -0.3 is 14.8 Å². The lowest BCUT2D eigenvalue weighted by atomic mass is 9.92. The largest absolute Gasteiger partial charge is 0.439 e. The molecule has 1 aliphatic rings. The standard InChI is InChI=1S/C25H27N3O5S/c1-32-15-14-26-25(29)19-6-10-22(11-7-19)33-24-13-9-21(17-27-24)28-34(30,31)23-12-8-18-4-2-3-5-20(18)16-23/h6-13,16-17,28H,2-5,14-15H2,1H3,(H,26,29). The summed E-state index contributed by atoms with van der Waals surface area (Å²) in [6.07, 6.45) is 5.54. The Balaban J connectivity index is 1.37. The van der Waals surface area contributed by atoms with Crippen molar-refractivity contribution in [2.24, 2.45) is 0 Å². The van der Waals surface area contributed by atoms with Crippen LogP contribution in [0.1, 0.15) is 34.3 Å². The second-order valence-electron chi connectivity index (χ2n) is 8.00. The van der Waals surface area contributed by atoms with Crippen LogP contribution in [0.3, 0.4) is 0 Å². The van der Waals surface area contributed by atoms with Crippen molar-refractivity contribution in [1.29, 1.82) is 0 Å². The minimum Gasteiger partial charge on any atom is -0.439 e. The number of rotatable bonds is 9. The molecule has 0 unspecified atom stereocenters. The maximum absolute atomic E-state index is 12.8. The molecule has 0 fully saturated rings. The Morgan fingerprint density at radius 2 is 1.76 bits per heavy atom. The van der Waals surface area contributed by atoms with E-state index in [0.717, 1.165) is 31.2 Å². The maximum atomic E-state index is 12.8. The molecule has 1 amide bonds. The number of hydrogen-bond acceptors (Lipinski definition) is 6. The molecule has 3 aromatic rings. The van der Waals surface area contributed by atoms with Crippen molar-refractivity contribution in [1.82, 2.24) is 10.3 Å². The van der Waals surface area contributed by atoms with Crippen LogP contribution in [0.5, 0.6) is 11.6 Å². The lowest BCUT2D eigenvalue weighted by molar-refractivity contribution is 0.0937. The molecule has 1 heterocycles. The first kappa shape index (κ1) is 23.7. The predicted molar refractivity (Wildman–Crippen MR) is 129 cm³/mol. The second kappa shape index (κ2) is 10.7. The van der Waals surface area contributed by atoms with E-state index in [2.05, 4.69) is 15.0 Å². The molecule has 4 rings (SSSR count). The van der Waals surface area contributed by atoms with Gasteiger partial charge in [-0.25, -0.2) is 13.4 Å². The Kier molecular flexibility index (Phi) is 7.44. The summed E-state index contributed by atoms with van der Waals surface area (Å²) in [5.74, 6) is 0.606. The van der Waals surface area contributed by atoms with Gasteiger partial charge in [0.15, 0.2) is 0 Å². The molecule has 1 aliphatic carbocycles. The number of amides is 1. The third kappa shape index (κ3) is 5.92. The highest BCUT2D eigenvalue weighted by Crippen LogP contribution is 2.26. The van der Waals surface area contributed by atoms with E-state index in [1.54, 1.807) is 55.6 Å². The molecule has 0 spiro atoms. The number of fused-ring (bicyclic) bond motifs is 1. The first-order valence-electron chi connectivity index (χ1n) is 11.1. The van der Waals surface area contributed by atoms with Gasteiger partial charge in [-0.05, 0) is 79.3 Å². The van der Waals surface area contributed by atoms with Crippen LogP contribution < -0.4 is 14.8 Å². The highest BCUT2D eigenvalue weighted by atomic mass is 32.2. The van der Waals surface area contributed by atoms with Gasteiger partial charge in [0.05, 0.1) is 23.4 Å². The maximum Gasteiger partial charge on any atom is 0.261 e. The fourth-order valence-electron chi connectivity index (χ4n) is 3.76. The molecular formula is C25H27N3O5S. The van der Waals surface area contributed by atoms with E-state index in [4.69, 9.17) is 9.47 Å². The van der Waals surface area contributed by atoms with Crippen molar-refractivity contribution in [3.63, 3.8) is 0 Å². The molecule has 34 heavy (non-hydrogen) atoms. The molecular weight excluding hydrogens is 454 g/mol. The van der Waals surface area contributed by atoms with Crippen LogP contribution >= 0.6 is 0 Å². The molecule has 8 nitrogen and oxygen atoms in total. The highest BCUT2D eigenvalue weighted by Gasteiger charge is 2.18. The van der Waals surface area contributed by atoms with Crippen molar-refractivity contribution in [3.05, 3.63) is 77.5 Å². The lowest BCUT2D eigenvalue weighted by Gasteiger charge is -2.17. The number of hydrogen-bond donors (Lipinski definition) is 2. The van der Waals surface area contributed by atoms with Crippen LogP contribution in [0.15, 0.2) is 65.7 Å². The predicted octanol–water partition coefficient (Wildman–Crippen LogP) is 3.93. The second-order valence-corrected chi connectivity index (χ2v) is 9.69. The highest BCUT2D eigenvalue weighted by molar-refractivity contribution is 7.92. The van der Waals surface area contributed by atoms with E-state index >= 15 is 0 Å². The van der Waals surface area contributed by atoms with Crippen molar-refractivity contribution in [3.8, 4) is 11.6 Å². The zero-order valence-electron chi connectivity index (χ0n) is 18.9. The summed E-state index contributed by atoms with van der Waals surface area (Å²) in [5.41, 5.74) is 3.18. The Bertz CT molecular complexity index is 1240. The van der Waals surface area contributed by atoms with Crippen molar-refractivity contribution >= 4 is 21.6 Å². The molecule has 0 saturated carbocycles. The van der Waals surface area contributed by atoms with Gasteiger partial charge in [-0.3, -0.25) is 9.52 Å². The average Bonchev–Trinajstić information content (AvgIpc) is 2.85. The number of anilines is 1. The Hall–Kier alpha value is -3.43. The van der Waals surface area contributed by atoms with Crippen LogP contribution in [0.2, 0.25) is 0 Å². The topological polar surface area (TPSA) is 107 Å². The number of sulfonamides is 1. The number of nitrogens with one attached hydrogen (secondary N) is 2. The fourth-order valence-corrected chi connectivity index (χ4v) is 4.85. The van der Waals surface area contributed by atoms with Crippen LogP contribution in [-0.4, -0.2) is 39.6 Å². The number of carbonyl (C=O) groups is 1. The quantitative estimate of drug-likeness (QED) is 0.449. The molecule has 0 saturated heterocycles. The normalized spacial score (nSPS) is 13.1. The molecule has 2 N–H and O–H groups in total. The number of methoxy groups -OCH3 is 1. The van der Waals surface area contributed by atoms with Gasteiger partial charge in [-0.2, -0.15) is 0 Å². The monoisotopic (exact) mass is 481 g/mol. The number of carbonyl (C=O) groups excluding carboxylic acids is 1. The molecule has 9 heteroatoms. The van der Waals surface area contributed by atoms with Crippen molar-refractivity contribution < 1.29 is 22.7 Å². The van der Waals surface area contributed by atoms with E-state index in [0.29, 0.717) is 36.0 Å². The van der Waals surface area contributed by atoms with Gasteiger partial charge in [-0.1, -0.05) is 6.07 Å². The summed E-state index contributed by atoms with van der Waals surface area (Å²) in [5, 5.41) is 2.75. The van der Waals surface area contributed by atoms with Crippen molar-refractivity contribution in [2.45, 2.75) is 30.6 Å². The van der Waals surface area contributed by atoms with Crippen molar-refractivity contribution in [2.75, 3.05) is 25.0 Å². The number of aryl methyl sites for hydroxylation is 2. The van der Waals surface area contributed by atoms with Gasteiger partial charge in [0.2, 0.25) is 5.88 Å². The van der Waals surface area contributed by atoms with Gasteiger partial charge in [0, 0.05) is 25.3 Å². The minimum absolute atomic E-state index is 0.197. The number of nitrogens with zero attached hydrogens (tertiary/aromatic N) is 1. The summed E-state index contributed by atoms with van der Waals surface area (Å²) < 4.78 is 38.8. The number of ether oxygens (including phenoxy) is 2. The Labute approximate surface area is 199 Å². The third-order valence-corrected chi connectivity index (χ3v) is 6.93. The van der Waals surface area contributed by atoms with E-state index in [-0.39, 0.29) is 10.8 Å². The van der Waals surface area contributed by atoms with Gasteiger partial charge in [0.1, 0.15) is 5.75 Å². The Morgan fingerprint density at radius 1 is 1.00 bits per heavy atom. The summed E-state index contributed by atoms with van der Waals surface area (Å²) in [4.78, 5) is 16.5. The molecule has 0 radical (unpaired) electrons. The number of benzene rings is 2. The molecule has 0 aliphatic heterocycles. The fraction of sp³-hybridized carbons (Fsp3) is 0.280. The van der Waals surface area contributed by atoms with E-state index in [9.17, 15) is 13.2 Å². The molecule has 0 bridgehead atoms. The summed E-state index contributed by atoms with van der Waals surface area (Å²) in [7, 11) is -2.14. The van der Waals surface area contributed by atoms with Gasteiger partial charge in [-0.15, -0.1) is 0 Å². The molecule has 2 aromatic carbocycles. The summed E-state index contributed by atoms with van der Waals surface area (Å²) >= 11 is 0. The van der Waals surface area contributed by atoms with Crippen LogP contribution in [0.4, 0.5) is 5.69 Å². The van der Waals surface area contributed by atoms with E-state index < -0.39 is 10.0 Å². The molecule has 1 aromatic heterocycles. The molecule has 178 valence electrons. The third-order valence-electron chi connectivity index (χ3n) is 5.55. The first-order chi connectivity index (χ1) is 16.4. The number of aromatic nitrogens is 1. The van der Waals surface area contributed by atoms with Crippen LogP contribution in [-0.2, 0) is 27.6 Å². The minimum atomic E-state index is -3.72. The SMILES string of the molecule is COCCNC(=O)c1ccc(Oc2ccc(NS(=O)(=O)c3ccc4c(c3)CCCC4)cn2)cc1. The Morgan fingerprint density at radius 3 is 2.47 bits per heavy atom. The smallest absolute Gasteiger partial charge is 0.261 e. The van der Waals surface area contributed by atoms with Gasteiger partial charge >= 0.3 is 0 Å². The summed E-state index contributed by atoms with van der Waals surface area (Å²) in [6, 6.07) is 15.1. The average molecular weight is 482 g/mol. The van der Waals surface area contributed by atoms with E-state index in [1.807, 2.05) is 6.07 Å². The summed E-state index contributed by atoms with van der Waals surface area (Å²) in [6.45, 7) is 0.873. The number of pyridine rings is 1. The zero-order valence-corrected chi connectivity index (χ0v) is 19.7. The lowest BCUT2D eigenvalue weighted by Crippen LogP contribution is -2.26. The zero-order chi connectivity index (χ0) is 24.0.